The normalized spacial score (nSPS) is 18.3. The Kier molecular flexibility index (Phi) is 6.48. The van der Waals surface area contributed by atoms with E-state index in [1.54, 1.807) is 45.2 Å². The molecule has 1 amide bonds. The monoisotopic (exact) mass is 484 g/mol. The van der Waals surface area contributed by atoms with Crippen LogP contribution in [0.3, 0.4) is 0 Å². The van der Waals surface area contributed by atoms with Gasteiger partial charge in [-0.25, -0.2) is 9.78 Å². The van der Waals surface area contributed by atoms with Gasteiger partial charge in [0.2, 0.25) is 0 Å². The van der Waals surface area contributed by atoms with Crippen LogP contribution in [-0.2, 0) is 11.3 Å². The Morgan fingerprint density at radius 3 is 2.82 bits per heavy atom. The minimum absolute atomic E-state index is 0.0418. The number of furan rings is 1. The fourth-order valence-corrected chi connectivity index (χ4v) is 5.59. The number of thiophene rings is 1. The molecule has 0 bridgehead atoms. The lowest BCUT2D eigenvalue weighted by molar-refractivity contribution is 0.0575. The van der Waals surface area contributed by atoms with Crippen LogP contribution in [0.1, 0.15) is 55.9 Å². The number of hydrogen-bond donors (Lipinski definition) is 1. The number of carbonyl (C=O) groups excluding carboxylic acids is 1. The molecule has 33 heavy (non-hydrogen) atoms. The second-order valence-corrected chi connectivity index (χ2v) is 10.4. The van der Waals surface area contributed by atoms with Gasteiger partial charge in [0.15, 0.2) is 0 Å². The van der Waals surface area contributed by atoms with Crippen molar-refractivity contribution in [1.29, 1.82) is 5.26 Å². The van der Waals surface area contributed by atoms with Crippen LogP contribution in [0.4, 0.5) is 10.5 Å². The minimum Gasteiger partial charge on any atom is -0.467 e. The second kappa shape index (κ2) is 9.18. The molecule has 0 aliphatic heterocycles. The molecule has 9 heteroatoms. The molecule has 7 nitrogen and oxygen atoms in total. The number of carbonyl (C=O) groups is 1. The zero-order valence-electron chi connectivity index (χ0n) is 18.7. The molecule has 4 rings (SSSR count). The summed E-state index contributed by atoms with van der Waals surface area (Å²) in [7, 11) is 0. The molecule has 3 aromatic rings. The smallest absolute Gasteiger partial charge is 0.415 e. The Balaban J connectivity index is 1.88. The average molecular weight is 485 g/mol. The summed E-state index contributed by atoms with van der Waals surface area (Å²) < 4.78 is 11.9. The number of halogens is 1. The molecule has 0 spiro atoms. The van der Waals surface area contributed by atoms with E-state index >= 15 is 0 Å². The van der Waals surface area contributed by atoms with Crippen molar-refractivity contribution in [3.8, 4) is 6.07 Å². The summed E-state index contributed by atoms with van der Waals surface area (Å²) in [4.78, 5) is 20.1. The van der Waals surface area contributed by atoms with Gasteiger partial charge in [-0.15, -0.1) is 11.3 Å². The number of anilines is 1. The SMILES string of the molecule is CC(C)(C)OC(=O)N(Cc1ccco1)c1cc(C#N)nc2c(Cl)c([C@H]3CC=CC[C@@H]3N)sc12. The number of nitriles is 1. The molecular formula is C24H25ClN4O3S. The Labute approximate surface area is 201 Å². The van der Waals surface area contributed by atoms with Crippen molar-refractivity contribution in [1.82, 2.24) is 4.98 Å². The Hall–Kier alpha value is -2.86. The molecule has 3 aromatic heterocycles. The minimum atomic E-state index is -0.706. The molecule has 0 saturated carbocycles. The van der Waals surface area contributed by atoms with Gasteiger partial charge in [0.1, 0.15) is 28.6 Å². The number of nitrogens with two attached hydrogens (primary N) is 1. The zero-order valence-corrected chi connectivity index (χ0v) is 20.2. The van der Waals surface area contributed by atoms with Gasteiger partial charge >= 0.3 is 6.09 Å². The summed E-state index contributed by atoms with van der Waals surface area (Å²) in [5.74, 6) is 0.617. The molecule has 2 N–H and O–H groups in total. The van der Waals surface area contributed by atoms with Crippen molar-refractivity contribution >= 4 is 44.9 Å². The maximum absolute atomic E-state index is 13.3. The van der Waals surface area contributed by atoms with Crippen molar-refractivity contribution < 1.29 is 13.9 Å². The Bertz CT molecular complexity index is 1240. The van der Waals surface area contributed by atoms with Gasteiger partial charge < -0.3 is 14.9 Å². The Morgan fingerprint density at radius 1 is 1.42 bits per heavy atom. The lowest BCUT2D eigenvalue weighted by Gasteiger charge is -2.27. The van der Waals surface area contributed by atoms with E-state index in [0.717, 1.165) is 17.7 Å². The third-order valence-electron chi connectivity index (χ3n) is 5.32. The maximum atomic E-state index is 13.3. The van der Waals surface area contributed by atoms with Crippen LogP contribution < -0.4 is 10.6 Å². The first-order valence-corrected chi connectivity index (χ1v) is 11.8. The van der Waals surface area contributed by atoms with Gasteiger partial charge in [-0.05, 0) is 45.7 Å². The highest BCUT2D eigenvalue weighted by atomic mass is 35.5. The van der Waals surface area contributed by atoms with Gasteiger partial charge in [-0.3, -0.25) is 4.90 Å². The molecule has 1 aliphatic carbocycles. The maximum Gasteiger partial charge on any atom is 0.415 e. The predicted molar refractivity (Wildman–Crippen MR) is 130 cm³/mol. The number of pyridine rings is 1. The van der Waals surface area contributed by atoms with E-state index in [-0.39, 0.29) is 24.2 Å². The van der Waals surface area contributed by atoms with Crippen LogP contribution in [0, 0.1) is 11.3 Å². The number of hydrogen-bond acceptors (Lipinski definition) is 7. The van der Waals surface area contributed by atoms with Gasteiger partial charge in [0, 0.05) is 22.9 Å². The van der Waals surface area contributed by atoms with E-state index in [9.17, 15) is 10.1 Å². The molecular weight excluding hydrogens is 460 g/mol. The molecule has 0 radical (unpaired) electrons. The van der Waals surface area contributed by atoms with E-state index < -0.39 is 11.7 Å². The summed E-state index contributed by atoms with van der Waals surface area (Å²) >= 11 is 8.25. The van der Waals surface area contributed by atoms with Crippen molar-refractivity contribution in [3.05, 3.63) is 58.0 Å². The predicted octanol–water partition coefficient (Wildman–Crippen LogP) is 6.12. The lowest BCUT2D eigenvalue weighted by Crippen LogP contribution is -2.36. The van der Waals surface area contributed by atoms with E-state index in [0.29, 0.717) is 26.7 Å². The third-order valence-corrected chi connectivity index (χ3v) is 7.15. The summed E-state index contributed by atoms with van der Waals surface area (Å²) in [6, 6.07) is 7.14. The average Bonchev–Trinajstić information content (AvgIpc) is 3.39. The zero-order chi connectivity index (χ0) is 23.8. The summed E-state index contributed by atoms with van der Waals surface area (Å²) in [5.41, 5.74) is 6.83. The highest BCUT2D eigenvalue weighted by Crippen LogP contribution is 2.46. The van der Waals surface area contributed by atoms with Crippen LogP contribution in [0.25, 0.3) is 10.2 Å². The second-order valence-electron chi connectivity index (χ2n) is 8.96. The number of fused-ring (bicyclic) bond motifs is 1. The van der Waals surface area contributed by atoms with Gasteiger partial charge in [0.05, 0.1) is 28.2 Å². The van der Waals surface area contributed by atoms with E-state index in [4.69, 9.17) is 26.5 Å². The van der Waals surface area contributed by atoms with Crippen molar-refractivity contribution in [2.24, 2.45) is 5.73 Å². The van der Waals surface area contributed by atoms with Crippen LogP contribution >= 0.6 is 22.9 Å². The fraction of sp³-hybridized carbons (Fsp3) is 0.375. The van der Waals surface area contributed by atoms with Crippen LogP contribution in [0.5, 0.6) is 0 Å². The Morgan fingerprint density at radius 2 is 2.18 bits per heavy atom. The van der Waals surface area contributed by atoms with Crippen molar-refractivity contribution in [2.75, 3.05) is 4.90 Å². The topological polar surface area (TPSA) is 105 Å². The first kappa shape index (κ1) is 23.3. The quantitative estimate of drug-likeness (QED) is 0.447. The lowest BCUT2D eigenvalue weighted by atomic mass is 9.88. The summed E-state index contributed by atoms with van der Waals surface area (Å²) in [6.07, 6.45) is 6.71. The van der Waals surface area contributed by atoms with E-state index in [1.807, 2.05) is 0 Å². The first-order valence-electron chi connectivity index (χ1n) is 10.6. The summed E-state index contributed by atoms with van der Waals surface area (Å²) in [6.45, 7) is 5.53. The molecule has 172 valence electrons. The van der Waals surface area contributed by atoms with Crippen LogP contribution in [0.2, 0.25) is 5.02 Å². The van der Waals surface area contributed by atoms with Gasteiger partial charge in [0.25, 0.3) is 0 Å². The number of nitrogens with zero attached hydrogens (tertiary/aromatic N) is 3. The highest BCUT2D eigenvalue weighted by Gasteiger charge is 2.31. The highest BCUT2D eigenvalue weighted by molar-refractivity contribution is 7.20. The molecule has 0 fully saturated rings. The number of aromatic nitrogens is 1. The van der Waals surface area contributed by atoms with E-state index in [2.05, 4.69) is 23.2 Å². The summed E-state index contributed by atoms with van der Waals surface area (Å²) in [5, 5.41) is 10.1. The number of ether oxygens (including phenoxy) is 1. The number of rotatable bonds is 4. The van der Waals surface area contributed by atoms with Crippen molar-refractivity contribution in [2.45, 2.75) is 57.7 Å². The molecule has 1 aliphatic rings. The van der Waals surface area contributed by atoms with Gasteiger partial charge in [-0.2, -0.15) is 5.26 Å². The third kappa shape index (κ3) is 4.91. The molecule has 0 aromatic carbocycles. The van der Waals surface area contributed by atoms with Crippen molar-refractivity contribution in [3.63, 3.8) is 0 Å². The van der Waals surface area contributed by atoms with E-state index in [1.165, 1.54) is 16.2 Å². The largest absolute Gasteiger partial charge is 0.467 e. The van der Waals surface area contributed by atoms with Crippen LogP contribution in [0.15, 0.2) is 41.0 Å². The molecule has 3 heterocycles. The molecule has 2 atom stereocenters. The van der Waals surface area contributed by atoms with Crippen LogP contribution in [-0.4, -0.2) is 22.7 Å². The number of allylic oxidation sites excluding steroid dienone is 1. The number of amides is 1. The van der Waals surface area contributed by atoms with Gasteiger partial charge in [-0.1, -0.05) is 23.8 Å². The molecule has 0 saturated heterocycles. The standard InChI is InChI=1S/C24H25ClN4O3S/c1-24(2,3)32-23(30)29(13-15-7-6-10-31-15)18-11-14(12-26)28-20-19(25)21(33-22(18)20)16-8-4-5-9-17(16)27/h4-7,10-11,16-17H,8-9,13,27H2,1-3H3/t16-,17-/m0/s1. The fourth-order valence-electron chi connectivity index (χ4n) is 3.80. The first-order chi connectivity index (χ1) is 15.7. The molecule has 0 unspecified atom stereocenters.